The standard InChI is InChI=1S/C31H34ClN3O2/c1-4-23-11-5-7-13-27(23)35-20-24(19-29(35)36)31-33-26-12-6-8-14-28(26)34(31)15-9-10-16-37-25-17-21(2)30(32)22(3)18-25/h5-8,11-14,17-18,24H,4,9-10,15-16,19-20H2,1-3H3. The van der Waals surface area contributed by atoms with E-state index in [0.29, 0.717) is 19.6 Å². The average molecular weight is 516 g/mol. The summed E-state index contributed by atoms with van der Waals surface area (Å²) in [7, 11) is 0. The molecule has 1 amide bonds. The molecule has 0 aliphatic carbocycles. The van der Waals surface area contributed by atoms with Gasteiger partial charge < -0.3 is 14.2 Å². The van der Waals surface area contributed by atoms with Gasteiger partial charge in [-0.05, 0) is 80.1 Å². The number of aromatic nitrogens is 2. The number of fused-ring (bicyclic) bond motifs is 1. The van der Waals surface area contributed by atoms with Crippen LogP contribution in [0.4, 0.5) is 5.69 Å². The summed E-state index contributed by atoms with van der Waals surface area (Å²) in [5.41, 5.74) is 6.42. The van der Waals surface area contributed by atoms with Crippen molar-refractivity contribution in [2.45, 2.75) is 58.9 Å². The molecule has 2 heterocycles. The van der Waals surface area contributed by atoms with Gasteiger partial charge in [-0.15, -0.1) is 0 Å². The molecule has 4 aromatic rings. The number of halogens is 1. The molecule has 3 aromatic carbocycles. The Kier molecular flexibility index (Phi) is 7.52. The highest BCUT2D eigenvalue weighted by Gasteiger charge is 2.35. The first-order chi connectivity index (χ1) is 18.0. The third-order valence-corrected chi connectivity index (χ3v) is 7.89. The minimum Gasteiger partial charge on any atom is -0.494 e. The zero-order valence-electron chi connectivity index (χ0n) is 21.8. The predicted molar refractivity (Wildman–Crippen MR) is 151 cm³/mol. The number of aryl methyl sites for hydroxylation is 4. The highest BCUT2D eigenvalue weighted by atomic mass is 35.5. The van der Waals surface area contributed by atoms with Crippen LogP contribution in [-0.4, -0.2) is 28.6 Å². The summed E-state index contributed by atoms with van der Waals surface area (Å²) < 4.78 is 8.34. The molecule has 1 aliphatic rings. The van der Waals surface area contributed by atoms with Gasteiger partial charge in [-0.2, -0.15) is 0 Å². The summed E-state index contributed by atoms with van der Waals surface area (Å²) in [4.78, 5) is 20.1. The molecular weight excluding hydrogens is 482 g/mol. The number of unbranched alkanes of at least 4 members (excludes halogenated alkanes) is 1. The van der Waals surface area contributed by atoms with Gasteiger partial charge in [-0.1, -0.05) is 48.9 Å². The van der Waals surface area contributed by atoms with Crippen LogP contribution in [0.5, 0.6) is 5.75 Å². The first-order valence-corrected chi connectivity index (χ1v) is 13.6. The maximum Gasteiger partial charge on any atom is 0.227 e. The molecule has 0 bridgehead atoms. The summed E-state index contributed by atoms with van der Waals surface area (Å²) in [6, 6.07) is 20.5. The van der Waals surface area contributed by atoms with Crippen molar-refractivity contribution in [2.75, 3.05) is 18.1 Å². The number of carbonyl (C=O) groups is 1. The first-order valence-electron chi connectivity index (χ1n) is 13.2. The molecule has 1 aliphatic heterocycles. The van der Waals surface area contributed by atoms with Crippen LogP contribution in [0.25, 0.3) is 11.0 Å². The number of hydrogen-bond donors (Lipinski definition) is 0. The van der Waals surface area contributed by atoms with Crippen molar-refractivity contribution in [3.05, 3.63) is 88.2 Å². The number of ether oxygens (including phenoxy) is 1. The van der Waals surface area contributed by atoms with Crippen molar-refractivity contribution in [3.63, 3.8) is 0 Å². The van der Waals surface area contributed by atoms with E-state index in [0.717, 1.165) is 70.3 Å². The summed E-state index contributed by atoms with van der Waals surface area (Å²) >= 11 is 6.29. The van der Waals surface area contributed by atoms with Gasteiger partial charge >= 0.3 is 0 Å². The zero-order valence-corrected chi connectivity index (χ0v) is 22.6. The van der Waals surface area contributed by atoms with Gasteiger partial charge in [0.15, 0.2) is 0 Å². The van der Waals surface area contributed by atoms with Crippen molar-refractivity contribution in [3.8, 4) is 5.75 Å². The van der Waals surface area contributed by atoms with E-state index in [2.05, 4.69) is 41.8 Å². The normalized spacial score (nSPS) is 15.6. The van der Waals surface area contributed by atoms with E-state index in [1.165, 1.54) is 5.56 Å². The Morgan fingerprint density at radius 3 is 2.54 bits per heavy atom. The molecule has 0 saturated carbocycles. The van der Waals surface area contributed by atoms with Crippen LogP contribution in [0.3, 0.4) is 0 Å². The van der Waals surface area contributed by atoms with Crippen LogP contribution in [0.1, 0.15) is 54.6 Å². The Morgan fingerprint density at radius 1 is 1.03 bits per heavy atom. The van der Waals surface area contributed by atoms with Crippen LogP contribution in [0.2, 0.25) is 5.02 Å². The highest BCUT2D eigenvalue weighted by molar-refractivity contribution is 6.32. The fourth-order valence-electron chi connectivity index (χ4n) is 5.38. The highest BCUT2D eigenvalue weighted by Crippen LogP contribution is 2.35. The number of imidazole rings is 1. The maximum atomic E-state index is 13.1. The second-order valence-electron chi connectivity index (χ2n) is 9.92. The summed E-state index contributed by atoms with van der Waals surface area (Å²) in [6.07, 6.45) is 3.27. The molecule has 0 spiro atoms. The van der Waals surface area contributed by atoms with Gasteiger partial charge in [0.25, 0.3) is 0 Å². The topological polar surface area (TPSA) is 47.4 Å². The van der Waals surface area contributed by atoms with Crippen molar-refractivity contribution in [1.29, 1.82) is 0 Å². The predicted octanol–water partition coefficient (Wildman–Crippen LogP) is 7.25. The van der Waals surface area contributed by atoms with E-state index in [1.54, 1.807) is 0 Å². The second kappa shape index (κ2) is 11.0. The molecule has 37 heavy (non-hydrogen) atoms. The maximum absolute atomic E-state index is 13.1. The first kappa shape index (κ1) is 25.3. The largest absolute Gasteiger partial charge is 0.494 e. The van der Waals surface area contributed by atoms with Crippen LogP contribution >= 0.6 is 11.6 Å². The van der Waals surface area contributed by atoms with Crippen LogP contribution < -0.4 is 9.64 Å². The lowest BCUT2D eigenvalue weighted by molar-refractivity contribution is -0.117. The lowest BCUT2D eigenvalue weighted by Gasteiger charge is -2.20. The molecule has 1 aromatic heterocycles. The zero-order chi connectivity index (χ0) is 25.9. The van der Waals surface area contributed by atoms with E-state index in [9.17, 15) is 4.79 Å². The molecule has 5 nitrogen and oxygen atoms in total. The van der Waals surface area contributed by atoms with Gasteiger partial charge in [0, 0.05) is 36.1 Å². The van der Waals surface area contributed by atoms with E-state index in [4.69, 9.17) is 21.3 Å². The van der Waals surface area contributed by atoms with E-state index in [1.807, 2.05) is 49.1 Å². The number of anilines is 1. The minimum absolute atomic E-state index is 0.0704. The number of amides is 1. The fraction of sp³-hybridized carbons (Fsp3) is 0.355. The van der Waals surface area contributed by atoms with Gasteiger partial charge in [0.05, 0.1) is 17.6 Å². The minimum atomic E-state index is 0.0704. The van der Waals surface area contributed by atoms with Gasteiger partial charge in [-0.3, -0.25) is 4.79 Å². The quantitative estimate of drug-likeness (QED) is 0.220. The summed E-state index contributed by atoms with van der Waals surface area (Å²) in [5, 5.41) is 0.800. The van der Waals surface area contributed by atoms with Crippen LogP contribution in [-0.2, 0) is 17.8 Å². The SMILES string of the molecule is CCc1ccccc1N1CC(c2nc3ccccc3n2CCCCOc2cc(C)c(Cl)c(C)c2)CC1=O. The lowest BCUT2D eigenvalue weighted by Crippen LogP contribution is -2.25. The van der Waals surface area contributed by atoms with Crippen molar-refractivity contribution in [1.82, 2.24) is 9.55 Å². The molecule has 192 valence electrons. The smallest absolute Gasteiger partial charge is 0.227 e. The van der Waals surface area contributed by atoms with Crippen molar-refractivity contribution >= 4 is 34.2 Å². The van der Waals surface area contributed by atoms with E-state index < -0.39 is 0 Å². The van der Waals surface area contributed by atoms with Crippen molar-refractivity contribution in [2.24, 2.45) is 0 Å². The summed E-state index contributed by atoms with van der Waals surface area (Å²) in [6.45, 7) is 8.29. The number of rotatable bonds is 9. The number of nitrogens with zero attached hydrogens (tertiary/aromatic N) is 3. The molecule has 6 heteroatoms. The second-order valence-corrected chi connectivity index (χ2v) is 10.3. The Balaban J connectivity index is 1.29. The Morgan fingerprint density at radius 2 is 1.76 bits per heavy atom. The molecule has 0 radical (unpaired) electrons. The Labute approximate surface area is 224 Å². The monoisotopic (exact) mass is 515 g/mol. The molecule has 1 fully saturated rings. The van der Waals surface area contributed by atoms with Crippen molar-refractivity contribution < 1.29 is 9.53 Å². The molecule has 1 unspecified atom stereocenters. The number of benzene rings is 3. The Hall–Kier alpha value is -3.31. The van der Waals surface area contributed by atoms with Crippen LogP contribution in [0, 0.1) is 13.8 Å². The lowest BCUT2D eigenvalue weighted by atomic mass is 10.1. The van der Waals surface area contributed by atoms with E-state index >= 15 is 0 Å². The molecule has 1 atom stereocenters. The number of para-hydroxylation sites is 3. The third kappa shape index (κ3) is 5.24. The molecule has 1 saturated heterocycles. The fourth-order valence-corrected chi connectivity index (χ4v) is 5.49. The number of carbonyl (C=O) groups excluding carboxylic acids is 1. The third-order valence-electron chi connectivity index (χ3n) is 7.29. The van der Waals surface area contributed by atoms with E-state index in [-0.39, 0.29) is 11.8 Å². The molecule has 0 N–H and O–H groups in total. The van der Waals surface area contributed by atoms with Gasteiger partial charge in [-0.25, -0.2) is 4.98 Å². The van der Waals surface area contributed by atoms with Crippen LogP contribution in [0.15, 0.2) is 60.7 Å². The molecule has 5 rings (SSSR count). The molecular formula is C31H34ClN3O2. The number of hydrogen-bond acceptors (Lipinski definition) is 3. The van der Waals surface area contributed by atoms with Gasteiger partial charge in [0.2, 0.25) is 5.91 Å². The Bertz CT molecular complexity index is 1400. The van der Waals surface area contributed by atoms with Gasteiger partial charge in [0.1, 0.15) is 11.6 Å². The summed E-state index contributed by atoms with van der Waals surface area (Å²) in [5.74, 6) is 2.12. The average Bonchev–Trinajstić information content (AvgIpc) is 3.47.